The van der Waals surface area contributed by atoms with Crippen molar-refractivity contribution in [3.63, 3.8) is 0 Å². The van der Waals surface area contributed by atoms with Crippen molar-refractivity contribution in [2.75, 3.05) is 36.4 Å². The largest absolute Gasteiger partial charge is 0.508 e. The van der Waals surface area contributed by atoms with E-state index in [-0.39, 0.29) is 23.5 Å². The molecule has 2 aromatic carbocycles. The van der Waals surface area contributed by atoms with Gasteiger partial charge >= 0.3 is 0 Å². The number of nitrogens with one attached hydrogen (secondary N) is 1. The first-order valence-electron chi connectivity index (χ1n) is 8.37. The van der Waals surface area contributed by atoms with Gasteiger partial charge in [-0.05, 0) is 55.5 Å². The minimum absolute atomic E-state index is 0.0929. The number of carbonyl (C=O) groups excluding carboxylic acids is 1. The highest BCUT2D eigenvalue weighted by Gasteiger charge is 2.25. The Morgan fingerprint density at radius 1 is 1.04 bits per heavy atom. The van der Waals surface area contributed by atoms with Crippen molar-refractivity contribution < 1.29 is 14.3 Å². The van der Waals surface area contributed by atoms with E-state index in [4.69, 9.17) is 0 Å². The van der Waals surface area contributed by atoms with E-state index in [1.165, 1.54) is 12.1 Å². The predicted molar refractivity (Wildman–Crippen MR) is 96.4 cm³/mol. The Bertz CT molecular complexity index is 710. The van der Waals surface area contributed by atoms with Gasteiger partial charge in [-0.3, -0.25) is 9.69 Å². The number of aromatic hydroxyl groups is 1. The summed E-state index contributed by atoms with van der Waals surface area (Å²) >= 11 is 0. The van der Waals surface area contributed by atoms with Gasteiger partial charge in [-0.15, -0.1) is 0 Å². The third-order valence-electron chi connectivity index (χ3n) is 4.57. The van der Waals surface area contributed by atoms with Crippen LogP contribution in [0, 0.1) is 5.82 Å². The number of phenols is 1. The zero-order valence-electron chi connectivity index (χ0n) is 14.2. The third-order valence-corrected chi connectivity index (χ3v) is 4.57. The monoisotopic (exact) mass is 343 g/mol. The molecule has 1 atom stereocenters. The molecule has 0 unspecified atom stereocenters. The Hall–Kier alpha value is -2.60. The summed E-state index contributed by atoms with van der Waals surface area (Å²) in [6.45, 7) is 5.07. The van der Waals surface area contributed by atoms with Crippen molar-refractivity contribution >= 4 is 17.3 Å². The molecule has 0 spiro atoms. The molecule has 0 bridgehead atoms. The molecule has 0 aromatic heterocycles. The van der Waals surface area contributed by atoms with Crippen LogP contribution in [0.3, 0.4) is 0 Å². The molecule has 1 saturated heterocycles. The molecule has 1 heterocycles. The van der Waals surface area contributed by atoms with Crippen LogP contribution in [0.4, 0.5) is 15.8 Å². The van der Waals surface area contributed by atoms with Crippen LogP contribution in [0.25, 0.3) is 0 Å². The second-order valence-electron chi connectivity index (χ2n) is 6.21. The molecule has 25 heavy (non-hydrogen) atoms. The Labute approximate surface area is 146 Å². The molecule has 1 amide bonds. The molecule has 1 aliphatic heterocycles. The number of phenolic OH excluding ortho intramolecular Hbond substituents is 1. The maximum Gasteiger partial charge on any atom is 0.241 e. The molecule has 6 heteroatoms. The zero-order chi connectivity index (χ0) is 17.8. The van der Waals surface area contributed by atoms with Gasteiger partial charge in [0.1, 0.15) is 11.6 Å². The van der Waals surface area contributed by atoms with E-state index in [1.54, 1.807) is 24.3 Å². The number of hydrogen-bond acceptors (Lipinski definition) is 4. The van der Waals surface area contributed by atoms with Crippen molar-refractivity contribution in [2.45, 2.75) is 13.0 Å². The molecule has 3 rings (SSSR count). The number of anilines is 2. The summed E-state index contributed by atoms with van der Waals surface area (Å²) in [4.78, 5) is 16.8. The number of nitrogens with zero attached hydrogens (tertiary/aromatic N) is 2. The van der Waals surface area contributed by atoms with Crippen molar-refractivity contribution in [1.82, 2.24) is 4.90 Å². The van der Waals surface area contributed by atoms with Crippen molar-refractivity contribution in [3.8, 4) is 5.75 Å². The van der Waals surface area contributed by atoms with Crippen molar-refractivity contribution in [2.24, 2.45) is 0 Å². The van der Waals surface area contributed by atoms with Gasteiger partial charge in [0, 0.05) is 37.6 Å². The van der Waals surface area contributed by atoms with Crippen LogP contribution in [0.1, 0.15) is 6.92 Å². The van der Waals surface area contributed by atoms with E-state index in [9.17, 15) is 14.3 Å². The summed E-state index contributed by atoms with van der Waals surface area (Å²) in [5.74, 6) is -0.158. The zero-order valence-corrected chi connectivity index (χ0v) is 14.2. The molecule has 132 valence electrons. The fourth-order valence-electron chi connectivity index (χ4n) is 2.98. The second-order valence-corrected chi connectivity index (χ2v) is 6.21. The molecular formula is C19H22FN3O2. The lowest BCUT2D eigenvalue weighted by atomic mass is 10.2. The summed E-state index contributed by atoms with van der Waals surface area (Å²) in [6, 6.07) is 12.7. The third kappa shape index (κ3) is 4.28. The number of amides is 1. The van der Waals surface area contributed by atoms with E-state index in [0.717, 1.165) is 31.9 Å². The molecule has 5 nitrogen and oxygen atoms in total. The summed E-state index contributed by atoms with van der Waals surface area (Å²) in [6.07, 6.45) is 0. The number of benzene rings is 2. The number of rotatable bonds is 4. The maximum atomic E-state index is 12.9. The molecule has 0 aliphatic carbocycles. The average molecular weight is 343 g/mol. The summed E-state index contributed by atoms with van der Waals surface area (Å²) < 4.78 is 12.9. The SMILES string of the molecule is C[C@H](C(=O)Nc1ccc(F)cc1)N1CCN(c2ccc(O)cc2)CC1. The first kappa shape index (κ1) is 17.2. The van der Waals surface area contributed by atoms with E-state index >= 15 is 0 Å². The van der Waals surface area contributed by atoms with Gasteiger partial charge in [0.2, 0.25) is 5.91 Å². The van der Waals surface area contributed by atoms with Gasteiger partial charge < -0.3 is 15.3 Å². The summed E-state index contributed by atoms with van der Waals surface area (Å²) in [5.41, 5.74) is 1.67. The summed E-state index contributed by atoms with van der Waals surface area (Å²) in [7, 11) is 0. The van der Waals surface area contributed by atoms with Crippen LogP contribution in [0.2, 0.25) is 0 Å². The number of hydrogen-bond donors (Lipinski definition) is 2. The van der Waals surface area contributed by atoms with Crippen LogP contribution in [-0.2, 0) is 4.79 Å². The van der Waals surface area contributed by atoms with E-state index in [1.807, 2.05) is 19.1 Å². The number of halogens is 1. The van der Waals surface area contributed by atoms with Crippen LogP contribution in [-0.4, -0.2) is 48.1 Å². The van der Waals surface area contributed by atoms with E-state index in [0.29, 0.717) is 5.69 Å². The Balaban J connectivity index is 1.53. The highest BCUT2D eigenvalue weighted by atomic mass is 19.1. The molecule has 2 aromatic rings. The Morgan fingerprint density at radius 2 is 1.64 bits per heavy atom. The molecule has 0 radical (unpaired) electrons. The molecule has 1 fully saturated rings. The standard InChI is InChI=1S/C19H22FN3O2/c1-14(19(25)21-16-4-2-15(20)3-5-16)22-10-12-23(13-11-22)17-6-8-18(24)9-7-17/h2-9,14,24H,10-13H2,1H3,(H,21,25)/t14-/m1/s1. The lowest BCUT2D eigenvalue weighted by Crippen LogP contribution is -2.52. The maximum absolute atomic E-state index is 12.9. The fraction of sp³-hybridized carbons (Fsp3) is 0.316. The van der Waals surface area contributed by atoms with Crippen LogP contribution >= 0.6 is 0 Å². The van der Waals surface area contributed by atoms with Crippen LogP contribution in [0.5, 0.6) is 5.75 Å². The van der Waals surface area contributed by atoms with Crippen molar-refractivity contribution in [1.29, 1.82) is 0 Å². The molecule has 1 aliphatic rings. The minimum atomic E-state index is -0.323. The highest BCUT2D eigenvalue weighted by Crippen LogP contribution is 2.20. The van der Waals surface area contributed by atoms with Gasteiger partial charge in [-0.1, -0.05) is 0 Å². The Morgan fingerprint density at radius 3 is 2.24 bits per heavy atom. The number of piperazine rings is 1. The normalized spacial score (nSPS) is 16.5. The van der Waals surface area contributed by atoms with E-state index in [2.05, 4.69) is 15.1 Å². The van der Waals surface area contributed by atoms with Crippen LogP contribution in [0.15, 0.2) is 48.5 Å². The quantitative estimate of drug-likeness (QED) is 0.896. The molecule has 2 N–H and O–H groups in total. The molecular weight excluding hydrogens is 321 g/mol. The predicted octanol–water partition coefficient (Wildman–Crippen LogP) is 2.68. The van der Waals surface area contributed by atoms with Gasteiger partial charge in [-0.25, -0.2) is 4.39 Å². The topological polar surface area (TPSA) is 55.8 Å². The lowest BCUT2D eigenvalue weighted by molar-refractivity contribution is -0.120. The van der Waals surface area contributed by atoms with E-state index < -0.39 is 0 Å². The van der Waals surface area contributed by atoms with Crippen LogP contribution < -0.4 is 10.2 Å². The molecule has 0 saturated carbocycles. The smallest absolute Gasteiger partial charge is 0.241 e. The van der Waals surface area contributed by atoms with Gasteiger partial charge in [0.15, 0.2) is 0 Å². The van der Waals surface area contributed by atoms with Gasteiger partial charge in [-0.2, -0.15) is 0 Å². The fourth-order valence-corrected chi connectivity index (χ4v) is 2.98. The lowest BCUT2D eigenvalue weighted by Gasteiger charge is -2.38. The Kier molecular flexibility index (Phi) is 5.19. The highest BCUT2D eigenvalue weighted by molar-refractivity contribution is 5.94. The average Bonchev–Trinajstić information content (AvgIpc) is 2.64. The van der Waals surface area contributed by atoms with Crippen molar-refractivity contribution in [3.05, 3.63) is 54.3 Å². The summed E-state index contributed by atoms with van der Waals surface area (Å²) in [5, 5.41) is 12.2. The second kappa shape index (κ2) is 7.53. The minimum Gasteiger partial charge on any atom is -0.508 e. The number of carbonyl (C=O) groups is 1. The first-order valence-corrected chi connectivity index (χ1v) is 8.37. The van der Waals surface area contributed by atoms with Gasteiger partial charge in [0.05, 0.1) is 6.04 Å². The van der Waals surface area contributed by atoms with Gasteiger partial charge in [0.25, 0.3) is 0 Å². The first-order chi connectivity index (χ1) is 12.0.